The maximum atomic E-state index is 13.1. The molecule has 6 nitrogen and oxygen atoms in total. The van der Waals surface area contributed by atoms with Crippen LogP contribution in [0.1, 0.15) is 45.1 Å². The second-order valence-corrected chi connectivity index (χ2v) is 7.55. The Labute approximate surface area is 159 Å². The molecule has 144 valence electrons. The number of rotatable bonds is 4. The summed E-state index contributed by atoms with van der Waals surface area (Å²) >= 11 is 0. The van der Waals surface area contributed by atoms with Crippen LogP contribution in [0.2, 0.25) is 0 Å². The van der Waals surface area contributed by atoms with Crippen molar-refractivity contribution in [2.45, 2.75) is 39.5 Å². The Balaban J connectivity index is 2.22. The molecular formula is C21H25NO5. The van der Waals surface area contributed by atoms with Crippen LogP contribution in [0.4, 0.5) is 0 Å². The van der Waals surface area contributed by atoms with Gasteiger partial charge in [-0.15, -0.1) is 0 Å². The highest BCUT2D eigenvalue weighted by Crippen LogP contribution is 2.49. The molecule has 2 aliphatic rings. The highest BCUT2D eigenvalue weighted by molar-refractivity contribution is 6.03. The minimum absolute atomic E-state index is 0.0198. The quantitative estimate of drug-likeness (QED) is 0.818. The average Bonchev–Trinajstić information content (AvgIpc) is 2.59. The van der Waals surface area contributed by atoms with Crippen LogP contribution in [0.3, 0.4) is 0 Å². The van der Waals surface area contributed by atoms with Crippen LogP contribution in [0.25, 0.3) is 0 Å². The van der Waals surface area contributed by atoms with Gasteiger partial charge in [-0.25, -0.2) is 4.79 Å². The minimum atomic E-state index is -0.674. The Morgan fingerprint density at radius 1 is 1.30 bits per heavy atom. The highest BCUT2D eigenvalue weighted by atomic mass is 16.5. The van der Waals surface area contributed by atoms with E-state index < -0.39 is 11.9 Å². The summed E-state index contributed by atoms with van der Waals surface area (Å²) in [5.41, 5.74) is 7.21. The van der Waals surface area contributed by atoms with Crippen LogP contribution < -0.4 is 10.5 Å². The standard InChI is InChI=1S/C21H25NO5/c1-5-26-20(24)18-16(12-8-6-7-9-14(12)25-4)17-13(23)10-21(2,3)11-15(17)27-19(18)22/h6-9,16H,5,10-11,22H2,1-4H3/t16-/m0/s1. The normalized spacial score (nSPS) is 21.5. The molecule has 0 radical (unpaired) electrons. The number of para-hydroxylation sites is 1. The van der Waals surface area contributed by atoms with Crippen molar-refractivity contribution in [2.24, 2.45) is 11.1 Å². The number of benzene rings is 1. The van der Waals surface area contributed by atoms with E-state index in [0.717, 1.165) is 0 Å². The maximum Gasteiger partial charge on any atom is 0.340 e. The summed E-state index contributed by atoms with van der Waals surface area (Å²) in [5.74, 6) is -0.233. The number of allylic oxidation sites excluding steroid dienone is 2. The number of hydrogen-bond acceptors (Lipinski definition) is 6. The lowest BCUT2D eigenvalue weighted by Crippen LogP contribution is -2.35. The number of hydrogen-bond donors (Lipinski definition) is 1. The smallest absolute Gasteiger partial charge is 0.340 e. The summed E-state index contributed by atoms with van der Waals surface area (Å²) < 4.78 is 16.5. The van der Waals surface area contributed by atoms with Gasteiger partial charge in [0, 0.05) is 24.0 Å². The van der Waals surface area contributed by atoms with Crippen LogP contribution in [0, 0.1) is 5.41 Å². The fraction of sp³-hybridized carbons (Fsp3) is 0.429. The van der Waals surface area contributed by atoms with E-state index in [1.165, 1.54) is 0 Å². The number of carbonyl (C=O) groups is 2. The predicted octanol–water partition coefficient (Wildman–Crippen LogP) is 3.19. The molecule has 0 saturated carbocycles. The molecule has 1 aliphatic carbocycles. The summed E-state index contributed by atoms with van der Waals surface area (Å²) in [5, 5.41) is 0. The number of ketones is 1. The molecule has 0 unspecified atom stereocenters. The van der Waals surface area contributed by atoms with Gasteiger partial charge in [0.25, 0.3) is 0 Å². The lowest BCUT2D eigenvalue weighted by atomic mass is 9.70. The van der Waals surface area contributed by atoms with Gasteiger partial charge >= 0.3 is 5.97 Å². The second-order valence-electron chi connectivity index (χ2n) is 7.55. The number of esters is 1. The molecule has 0 fully saturated rings. The van der Waals surface area contributed by atoms with Gasteiger partial charge in [-0.1, -0.05) is 32.0 Å². The maximum absolute atomic E-state index is 13.1. The molecule has 0 bridgehead atoms. The molecule has 6 heteroatoms. The molecule has 0 spiro atoms. The van der Waals surface area contributed by atoms with Gasteiger partial charge < -0.3 is 19.9 Å². The van der Waals surface area contributed by atoms with Crippen LogP contribution in [0.15, 0.2) is 47.1 Å². The van der Waals surface area contributed by atoms with Crippen molar-refractivity contribution in [1.82, 2.24) is 0 Å². The third kappa shape index (κ3) is 3.44. The molecule has 1 aromatic rings. The van der Waals surface area contributed by atoms with Gasteiger partial charge in [0.15, 0.2) is 5.78 Å². The van der Waals surface area contributed by atoms with Crippen molar-refractivity contribution in [1.29, 1.82) is 0 Å². The average molecular weight is 371 g/mol. The van der Waals surface area contributed by atoms with Gasteiger partial charge in [0.05, 0.1) is 19.6 Å². The molecule has 27 heavy (non-hydrogen) atoms. The SMILES string of the molecule is CCOC(=O)C1=C(N)OC2=C(C(=O)CC(C)(C)C2)[C@@H]1c1ccccc1OC. The first-order valence-corrected chi connectivity index (χ1v) is 9.03. The zero-order chi connectivity index (χ0) is 19.8. The van der Waals surface area contributed by atoms with Gasteiger partial charge in [-0.3, -0.25) is 4.79 Å². The van der Waals surface area contributed by atoms with Gasteiger partial charge in [-0.05, 0) is 18.4 Å². The van der Waals surface area contributed by atoms with Crippen molar-refractivity contribution in [3.8, 4) is 5.75 Å². The monoisotopic (exact) mass is 371 g/mol. The van der Waals surface area contributed by atoms with Crippen LogP contribution in [-0.2, 0) is 19.1 Å². The largest absolute Gasteiger partial charge is 0.496 e. The first-order chi connectivity index (χ1) is 12.8. The van der Waals surface area contributed by atoms with E-state index in [-0.39, 0.29) is 29.3 Å². The second kappa shape index (κ2) is 7.10. The molecule has 0 amide bonds. The van der Waals surface area contributed by atoms with Crippen LogP contribution in [-0.4, -0.2) is 25.5 Å². The third-order valence-corrected chi connectivity index (χ3v) is 4.90. The van der Waals surface area contributed by atoms with E-state index in [0.29, 0.717) is 35.5 Å². The molecule has 1 aromatic carbocycles. The molecule has 0 saturated heterocycles. The summed E-state index contributed by atoms with van der Waals surface area (Å²) in [6.45, 7) is 5.93. The first-order valence-electron chi connectivity index (χ1n) is 9.03. The van der Waals surface area contributed by atoms with E-state index >= 15 is 0 Å². The molecule has 0 aromatic heterocycles. The minimum Gasteiger partial charge on any atom is -0.496 e. The van der Waals surface area contributed by atoms with Gasteiger partial charge in [0.1, 0.15) is 17.1 Å². The number of ether oxygens (including phenoxy) is 3. The fourth-order valence-corrected chi connectivity index (χ4v) is 3.81. The van der Waals surface area contributed by atoms with Crippen molar-refractivity contribution >= 4 is 11.8 Å². The van der Waals surface area contributed by atoms with E-state index in [4.69, 9.17) is 19.9 Å². The predicted molar refractivity (Wildman–Crippen MR) is 99.7 cm³/mol. The Kier molecular flexibility index (Phi) is 5.00. The van der Waals surface area contributed by atoms with Crippen molar-refractivity contribution in [2.75, 3.05) is 13.7 Å². The van der Waals surface area contributed by atoms with Crippen molar-refractivity contribution in [3.63, 3.8) is 0 Å². The van der Waals surface area contributed by atoms with E-state index in [1.807, 2.05) is 32.0 Å². The number of Topliss-reactive ketones (excluding diaryl/α,β-unsaturated/α-hetero) is 1. The Morgan fingerprint density at radius 2 is 2.00 bits per heavy atom. The zero-order valence-corrected chi connectivity index (χ0v) is 16.1. The molecule has 2 N–H and O–H groups in total. The third-order valence-electron chi connectivity index (χ3n) is 4.90. The number of nitrogens with two attached hydrogens (primary N) is 1. The van der Waals surface area contributed by atoms with E-state index in [9.17, 15) is 9.59 Å². The molecule has 3 rings (SSSR count). The lowest BCUT2D eigenvalue weighted by molar-refractivity contribution is -0.139. The van der Waals surface area contributed by atoms with Gasteiger partial charge in [0.2, 0.25) is 5.88 Å². The number of methoxy groups -OCH3 is 1. The molecule has 1 aliphatic heterocycles. The molecule has 1 atom stereocenters. The summed E-state index contributed by atoms with van der Waals surface area (Å²) in [6.07, 6.45) is 0.938. The first kappa shape index (κ1) is 19.0. The van der Waals surface area contributed by atoms with Crippen LogP contribution in [0.5, 0.6) is 5.75 Å². The molecular weight excluding hydrogens is 346 g/mol. The van der Waals surface area contributed by atoms with Crippen LogP contribution >= 0.6 is 0 Å². The Hall–Kier alpha value is -2.76. The van der Waals surface area contributed by atoms with E-state index in [1.54, 1.807) is 20.1 Å². The van der Waals surface area contributed by atoms with Crippen molar-refractivity contribution in [3.05, 3.63) is 52.6 Å². The summed E-state index contributed by atoms with van der Waals surface area (Å²) in [7, 11) is 1.55. The Morgan fingerprint density at radius 3 is 2.67 bits per heavy atom. The summed E-state index contributed by atoms with van der Waals surface area (Å²) in [4.78, 5) is 25.8. The van der Waals surface area contributed by atoms with Crippen molar-refractivity contribution < 1.29 is 23.8 Å². The van der Waals surface area contributed by atoms with E-state index in [2.05, 4.69) is 0 Å². The van der Waals surface area contributed by atoms with Gasteiger partial charge in [-0.2, -0.15) is 0 Å². The summed E-state index contributed by atoms with van der Waals surface area (Å²) in [6, 6.07) is 7.30. The topological polar surface area (TPSA) is 87.9 Å². The zero-order valence-electron chi connectivity index (χ0n) is 16.1. The highest BCUT2D eigenvalue weighted by Gasteiger charge is 2.45. The number of carbonyl (C=O) groups excluding carboxylic acids is 2. The molecule has 1 heterocycles. The lowest BCUT2D eigenvalue weighted by Gasteiger charge is -2.38. The Bertz CT molecular complexity index is 850. The fourth-order valence-electron chi connectivity index (χ4n) is 3.81.